The van der Waals surface area contributed by atoms with Gasteiger partial charge in [0.2, 0.25) is 5.82 Å². The van der Waals surface area contributed by atoms with Crippen molar-refractivity contribution < 1.29 is 10.0 Å². The molecular formula is C12H19N5O3. The van der Waals surface area contributed by atoms with Crippen LogP contribution in [0.2, 0.25) is 0 Å². The number of aliphatic hydroxyl groups is 1. The number of nitrogen functional groups attached to an aromatic ring is 1. The van der Waals surface area contributed by atoms with Gasteiger partial charge in [-0.15, -0.1) is 0 Å². The Morgan fingerprint density at radius 1 is 1.55 bits per heavy atom. The molecule has 20 heavy (non-hydrogen) atoms. The van der Waals surface area contributed by atoms with Crippen LogP contribution in [0, 0.1) is 10.1 Å². The number of nitrogens with two attached hydrogens (primary N) is 1. The van der Waals surface area contributed by atoms with E-state index in [1.54, 1.807) is 11.9 Å². The zero-order valence-electron chi connectivity index (χ0n) is 11.4. The van der Waals surface area contributed by atoms with Crippen LogP contribution in [-0.4, -0.2) is 34.2 Å². The van der Waals surface area contributed by atoms with Crippen molar-refractivity contribution in [3.8, 4) is 0 Å². The molecule has 110 valence electrons. The van der Waals surface area contributed by atoms with E-state index in [0.717, 1.165) is 12.8 Å². The molecule has 0 aliphatic heterocycles. The SMILES string of the molecule is CN(CC1(O)CCCC1)c1nc(NN)ccc1[N+](=O)[O-]. The Morgan fingerprint density at radius 3 is 2.75 bits per heavy atom. The summed E-state index contributed by atoms with van der Waals surface area (Å²) < 4.78 is 0. The molecule has 0 atom stereocenters. The molecule has 1 fully saturated rings. The van der Waals surface area contributed by atoms with E-state index in [-0.39, 0.29) is 11.5 Å². The van der Waals surface area contributed by atoms with Gasteiger partial charge in [-0.2, -0.15) is 0 Å². The highest BCUT2D eigenvalue weighted by atomic mass is 16.6. The third-order valence-electron chi connectivity index (χ3n) is 3.63. The molecule has 0 unspecified atom stereocenters. The Labute approximate surface area is 116 Å². The molecule has 8 heteroatoms. The number of hydrogen-bond acceptors (Lipinski definition) is 7. The maximum Gasteiger partial charge on any atom is 0.311 e. The molecule has 1 aliphatic rings. The Bertz CT molecular complexity index is 502. The Morgan fingerprint density at radius 2 is 2.20 bits per heavy atom. The lowest BCUT2D eigenvalue weighted by Gasteiger charge is -2.29. The molecule has 0 saturated heterocycles. The number of nitro groups is 1. The smallest absolute Gasteiger partial charge is 0.311 e. The van der Waals surface area contributed by atoms with Crippen molar-refractivity contribution in [3.63, 3.8) is 0 Å². The summed E-state index contributed by atoms with van der Waals surface area (Å²) in [6.45, 7) is 0.314. The Hall–Kier alpha value is -1.93. The van der Waals surface area contributed by atoms with E-state index in [1.807, 2.05) is 0 Å². The number of nitrogens with zero attached hydrogens (tertiary/aromatic N) is 3. The van der Waals surface area contributed by atoms with Gasteiger partial charge in [0.1, 0.15) is 5.82 Å². The monoisotopic (exact) mass is 281 g/mol. The highest BCUT2D eigenvalue weighted by Crippen LogP contribution is 2.33. The van der Waals surface area contributed by atoms with Crippen molar-refractivity contribution in [2.75, 3.05) is 23.9 Å². The molecule has 1 aromatic rings. The lowest BCUT2D eigenvalue weighted by atomic mass is 10.0. The summed E-state index contributed by atoms with van der Waals surface area (Å²) in [4.78, 5) is 16.3. The summed E-state index contributed by atoms with van der Waals surface area (Å²) in [6, 6.07) is 2.80. The summed E-state index contributed by atoms with van der Waals surface area (Å²) in [5, 5.41) is 21.5. The zero-order chi connectivity index (χ0) is 14.8. The minimum absolute atomic E-state index is 0.104. The van der Waals surface area contributed by atoms with Crippen LogP contribution in [0.1, 0.15) is 25.7 Å². The predicted molar refractivity (Wildman–Crippen MR) is 75.4 cm³/mol. The number of hydrogen-bond donors (Lipinski definition) is 3. The zero-order valence-corrected chi connectivity index (χ0v) is 11.4. The van der Waals surface area contributed by atoms with Crippen LogP contribution >= 0.6 is 0 Å². The van der Waals surface area contributed by atoms with Gasteiger partial charge in [-0.1, -0.05) is 12.8 Å². The van der Waals surface area contributed by atoms with Gasteiger partial charge in [0.25, 0.3) is 0 Å². The average molecular weight is 281 g/mol. The van der Waals surface area contributed by atoms with Crippen LogP contribution < -0.4 is 16.2 Å². The quantitative estimate of drug-likeness (QED) is 0.419. The van der Waals surface area contributed by atoms with Crippen LogP contribution in [0.3, 0.4) is 0 Å². The number of likely N-dealkylation sites (N-methyl/N-ethyl adjacent to an activating group) is 1. The van der Waals surface area contributed by atoms with Gasteiger partial charge in [0.15, 0.2) is 0 Å². The van der Waals surface area contributed by atoms with E-state index < -0.39 is 10.5 Å². The molecule has 1 saturated carbocycles. The molecule has 0 spiro atoms. The first-order valence-corrected chi connectivity index (χ1v) is 6.51. The van der Waals surface area contributed by atoms with Crippen molar-refractivity contribution in [1.82, 2.24) is 4.98 Å². The highest BCUT2D eigenvalue weighted by Gasteiger charge is 2.34. The maximum absolute atomic E-state index is 11.1. The van der Waals surface area contributed by atoms with Crippen LogP contribution in [0.5, 0.6) is 0 Å². The van der Waals surface area contributed by atoms with Crippen molar-refractivity contribution >= 4 is 17.3 Å². The van der Waals surface area contributed by atoms with Crippen LogP contribution in [0.15, 0.2) is 12.1 Å². The first-order chi connectivity index (χ1) is 9.45. The van der Waals surface area contributed by atoms with Crippen LogP contribution in [0.4, 0.5) is 17.3 Å². The summed E-state index contributed by atoms with van der Waals surface area (Å²) in [7, 11) is 1.69. The third kappa shape index (κ3) is 2.97. The second-order valence-electron chi connectivity index (χ2n) is 5.23. The second-order valence-corrected chi connectivity index (χ2v) is 5.23. The van der Waals surface area contributed by atoms with Gasteiger partial charge in [-0.05, 0) is 18.9 Å². The van der Waals surface area contributed by atoms with Gasteiger partial charge in [-0.3, -0.25) is 10.1 Å². The van der Waals surface area contributed by atoms with Crippen molar-refractivity contribution in [1.29, 1.82) is 0 Å². The molecule has 1 heterocycles. The fourth-order valence-electron chi connectivity index (χ4n) is 2.65. The van der Waals surface area contributed by atoms with E-state index in [2.05, 4.69) is 10.4 Å². The van der Waals surface area contributed by atoms with E-state index in [1.165, 1.54) is 12.1 Å². The topological polar surface area (TPSA) is 118 Å². The molecule has 0 bridgehead atoms. The number of anilines is 2. The number of nitrogens with one attached hydrogen (secondary N) is 1. The van der Waals surface area contributed by atoms with Crippen molar-refractivity contribution in [2.45, 2.75) is 31.3 Å². The molecule has 1 aliphatic carbocycles. The fraction of sp³-hybridized carbons (Fsp3) is 0.583. The molecule has 0 amide bonds. The molecule has 4 N–H and O–H groups in total. The van der Waals surface area contributed by atoms with Crippen LogP contribution in [-0.2, 0) is 0 Å². The second kappa shape index (κ2) is 5.59. The summed E-state index contributed by atoms with van der Waals surface area (Å²) in [5.41, 5.74) is 1.47. The van der Waals surface area contributed by atoms with Crippen molar-refractivity contribution in [2.24, 2.45) is 5.84 Å². The molecule has 0 aromatic carbocycles. The number of pyridine rings is 1. The van der Waals surface area contributed by atoms with E-state index in [4.69, 9.17) is 5.84 Å². The molecule has 2 rings (SSSR count). The van der Waals surface area contributed by atoms with Gasteiger partial charge >= 0.3 is 5.69 Å². The largest absolute Gasteiger partial charge is 0.388 e. The maximum atomic E-state index is 11.1. The summed E-state index contributed by atoms with van der Waals surface area (Å²) in [6.07, 6.45) is 3.37. The number of aromatic nitrogens is 1. The first-order valence-electron chi connectivity index (χ1n) is 6.51. The van der Waals surface area contributed by atoms with E-state index >= 15 is 0 Å². The molecular weight excluding hydrogens is 262 g/mol. The Balaban J connectivity index is 2.27. The minimum Gasteiger partial charge on any atom is -0.388 e. The van der Waals surface area contributed by atoms with Gasteiger partial charge in [-0.25, -0.2) is 10.8 Å². The van der Waals surface area contributed by atoms with Gasteiger partial charge < -0.3 is 15.4 Å². The van der Waals surface area contributed by atoms with E-state index in [0.29, 0.717) is 25.2 Å². The van der Waals surface area contributed by atoms with E-state index in [9.17, 15) is 15.2 Å². The lowest BCUT2D eigenvalue weighted by Crippen LogP contribution is -2.39. The minimum atomic E-state index is -0.795. The van der Waals surface area contributed by atoms with Gasteiger partial charge in [0.05, 0.1) is 10.5 Å². The number of hydrazine groups is 1. The number of rotatable bonds is 5. The van der Waals surface area contributed by atoms with Crippen LogP contribution in [0.25, 0.3) is 0 Å². The predicted octanol–water partition coefficient (Wildman–Crippen LogP) is 1.02. The van der Waals surface area contributed by atoms with Gasteiger partial charge in [0, 0.05) is 19.7 Å². The molecule has 8 nitrogen and oxygen atoms in total. The Kier molecular flexibility index (Phi) is 4.05. The summed E-state index contributed by atoms with van der Waals surface area (Å²) >= 11 is 0. The highest BCUT2D eigenvalue weighted by molar-refractivity contribution is 5.61. The molecule has 1 aromatic heterocycles. The summed E-state index contributed by atoms with van der Waals surface area (Å²) in [5.74, 6) is 5.83. The molecule has 0 radical (unpaired) electrons. The fourth-order valence-corrected chi connectivity index (χ4v) is 2.65. The first kappa shape index (κ1) is 14.5. The average Bonchev–Trinajstić information content (AvgIpc) is 2.84. The lowest BCUT2D eigenvalue weighted by molar-refractivity contribution is -0.384. The third-order valence-corrected chi connectivity index (χ3v) is 3.63. The van der Waals surface area contributed by atoms with Crippen molar-refractivity contribution in [3.05, 3.63) is 22.2 Å². The normalized spacial score (nSPS) is 16.9. The standard InChI is InChI=1S/C12H19N5O3/c1-16(8-12(18)6-2-3-7-12)11-9(17(19)20)4-5-10(14-11)15-13/h4-5,18H,2-3,6-8,13H2,1H3,(H,14,15).